The molecule has 104 valence electrons. The molecule has 1 aromatic carbocycles. The minimum Gasteiger partial charge on any atom is -0.312 e. The number of rotatable bonds is 6. The Hall–Kier alpha value is -2.27. The predicted molar refractivity (Wildman–Crippen MR) is 77.5 cm³/mol. The van der Waals surface area contributed by atoms with Crippen molar-refractivity contribution in [1.82, 2.24) is 10.3 Å². The van der Waals surface area contributed by atoms with Crippen molar-refractivity contribution in [2.45, 2.75) is 19.9 Å². The van der Waals surface area contributed by atoms with E-state index in [1.165, 1.54) is 0 Å². The van der Waals surface area contributed by atoms with Gasteiger partial charge in [-0.1, -0.05) is 18.2 Å². The molecule has 20 heavy (non-hydrogen) atoms. The van der Waals surface area contributed by atoms with E-state index in [1.54, 1.807) is 25.3 Å². The summed E-state index contributed by atoms with van der Waals surface area (Å²) < 4.78 is 0. The monoisotopic (exact) mass is 271 g/mol. The standard InChI is InChI=1S/C15H17N3O2/c1-12-5-6-13(10-15(12)18(19)20)11-16-9-7-14-4-2-3-8-17-14/h2-6,8,10,16H,7,9,11H2,1H3. The Bertz CT molecular complexity index is 585. The fourth-order valence-corrected chi connectivity index (χ4v) is 1.96. The lowest BCUT2D eigenvalue weighted by atomic mass is 10.1. The number of hydrogen-bond donors (Lipinski definition) is 1. The maximum atomic E-state index is 10.9. The number of pyridine rings is 1. The first-order chi connectivity index (χ1) is 9.66. The second-order valence-electron chi connectivity index (χ2n) is 4.63. The van der Waals surface area contributed by atoms with E-state index in [0.29, 0.717) is 12.1 Å². The highest BCUT2D eigenvalue weighted by atomic mass is 16.6. The predicted octanol–water partition coefficient (Wildman–Crippen LogP) is 2.63. The molecule has 0 saturated heterocycles. The van der Waals surface area contributed by atoms with Gasteiger partial charge in [-0.3, -0.25) is 15.1 Å². The number of nitrogens with zero attached hydrogens (tertiary/aromatic N) is 2. The van der Waals surface area contributed by atoms with Crippen LogP contribution in [0.3, 0.4) is 0 Å². The fourth-order valence-electron chi connectivity index (χ4n) is 1.96. The Morgan fingerprint density at radius 1 is 1.30 bits per heavy atom. The van der Waals surface area contributed by atoms with Crippen LogP contribution in [0.5, 0.6) is 0 Å². The molecule has 0 amide bonds. The first-order valence-electron chi connectivity index (χ1n) is 6.51. The molecule has 0 radical (unpaired) electrons. The van der Waals surface area contributed by atoms with Crippen molar-refractivity contribution in [3.05, 3.63) is 69.5 Å². The van der Waals surface area contributed by atoms with Gasteiger partial charge in [0.25, 0.3) is 5.69 Å². The number of nitro groups is 1. The van der Waals surface area contributed by atoms with Crippen molar-refractivity contribution >= 4 is 5.69 Å². The number of aryl methyl sites for hydroxylation is 1. The summed E-state index contributed by atoms with van der Waals surface area (Å²) in [6.45, 7) is 3.16. The SMILES string of the molecule is Cc1ccc(CNCCc2ccccn2)cc1[N+](=O)[O-]. The Labute approximate surface area is 117 Å². The summed E-state index contributed by atoms with van der Waals surface area (Å²) in [7, 11) is 0. The van der Waals surface area contributed by atoms with Gasteiger partial charge in [-0.05, 0) is 24.6 Å². The van der Waals surface area contributed by atoms with Crippen molar-refractivity contribution < 1.29 is 4.92 Å². The van der Waals surface area contributed by atoms with E-state index in [1.807, 2.05) is 24.3 Å². The zero-order chi connectivity index (χ0) is 14.4. The van der Waals surface area contributed by atoms with Gasteiger partial charge in [-0.25, -0.2) is 0 Å². The first-order valence-corrected chi connectivity index (χ1v) is 6.51. The number of nitro benzene ring substituents is 1. The summed E-state index contributed by atoms with van der Waals surface area (Å²) in [6, 6.07) is 11.2. The van der Waals surface area contributed by atoms with Crippen LogP contribution in [0.1, 0.15) is 16.8 Å². The highest BCUT2D eigenvalue weighted by Crippen LogP contribution is 2.18. The summed E-state index contributed by atoms with van der Waals surface area (Å²) in [4.78, 5) is 14.8. The number of hydrogen-bond acceptors (Lipinski definition) is 4. The van der Waals surface area contributed by atoms with E-state index >= 15 is 0 Å². The van der Waals surface area contributed by atoms with E-state index < -0.39 is 0 Å². The molecule has 0 atom stereocenters. The highest BCUT2D eigenvalue weighted by molar-refractivity contribution is 5.42. The molecule has 0 fully saturated rings. The summed E-state index contributed by atoms with van der Waals surface area (Å²) in [5, 5.41) is 14.1. The molecule has 0 aliphatic rings. The Morgan fingerprint density at radius 2 is 2.15 bits per heavy atom. The van der Waals surface area contributed by atoms with Gasteiger partial charge in [0.2, 0.25) is 0 Å². The molecule has 2 rings (SSSR count). The van der Waals surface area contributed by atoms with E-state index in [4.69, 9.17) is 0 Å². The lowest BCUT2D eigenvalue weighted by molar-refractivity contribution is -0.385. The van der Waals surface area contributed by atoms with E-state index in [2.05, 4.69) is 10.3 Å². The topological polar surface area (TPSA) is 68.1 Å². The smallest absolute Gasteiger partial charge is 0.272 e. The first kappa shape index (κ1) is 14.1. The summed E-state index contributed by atoms with van der Waals surface area (Å²) >= 11 is 0. The molecule has 0 aliphatic carbocycles. The molecule has 2 aromatic rings. The molecule has 5 nitrogen and oxygen atoms in total. The van der Waals surface area contributed by atoms with E-state index in [-0.39, 0.29) is 10.6 Å². The zero-order valence-electron chi connectivity index (χ0n) is 11.4. The van der Waals surface area contributed by atoms with E-state index in [9.17, 15) is 10.1 Å². The summed E-state index contributed by atoms with van der Waals surface area (Å²) in [6.07, 6.45) is 2.62. The largest absolute Gasteiger partial charge is 0.312 e. The molecular formula is C15H17N3O2. The van der Waals surface area contributed by atoms with Gasteiger partial charge in [0.15, 0.2) is 0 Å². The third kappa shape index (κ3) is 3.86. The Morgan fingerprint density at radius 3 is 2.85 bits per heavy atom. The molecule has 5 heteroatoms. The lowest BCUT2D eigenvalue weighted by Gasteiger charge is -2.06. The maximum Gasteiger partial charge on any atom is 0.272 e. The average Bonchev–Trinajstić information content (AvgIpc) is 2.46. The second-order valence-corrected chi connectivity index (χ2v) is 4.63. The highest BCUT2D eigenvalue weighted by Gasteiger charge is 2.10. The van der Waals surface area contributed by atoms with Gasteiger partial charge in [0.1, 0.15) is 0 Å². The van der Waals surface area contributed by atoms with Crippen LogP contribution in [0.15, 0.2) is 42.6 Å². The Kier molecular flexibility index (Phi) is 4.79. The molecule has 0 unspecified atom stereocenters. The van der Waals surface area contributed by atoms with Gasteiger partial charge in [0, 0.05) is 43.0 Å². The van der Waals surface area contributed by atoms with Crippen LogP contribution < -0.4 is 5.32 Å². The average molecular weight is 271 g/mol. The maximum absolute atomic E-state index is 10.9. The van der Waals surface area contributed by atoms with Crippen LogP contribution in [0.25, 0.3) is 0 Å². The molecule has 1 heterocycles. The minimum atomic E-state index is -0.341. The van der Waals surface area contributed by atoms with Crippen molar-refractivity contribution in [3.8, 4) is 0 Å². The van der Waals surface area contributed by atoms with Crippen molar-refractivity contribution in [3.63, 3.8) is 0 Å². The quantitative estimate of drug-likeness (QED) is 0.498. The van der Waals surface area contributed by atoms with Gasteiger partial charge in [-0.15, -0.1) is 0 Å². The third-order valence-electron chi connectivity index (χ3n) is 3.08. The Balaban J connectivity index is 1.85. The van der Waals surface area contributed by atoms with E-state index in [0.717, 1.165) is 24.2 Å². The minimum absolute atomic E-state index is 0.175. The van der Waals surface area contributed by atoms with Gasteiger partial charge < -0.3 is 5.32 Å². The number of aromatic nitrogens is 1. The van der Waals surface area contributed by atoms with Crippen LogP contribution in [0.4, 0.5) is 5.69 Å². The molecule has 0 spiro atoms. The molecule has 1 aromatic heterocycles. The number of benzene rings is 1. The van der Waals surface area contributed by atoms with Crippen molar-refractivity contribution in [2.24, 2.45) is 0 Å². The molecule has 0 bridgehead atoms. The lowest BCUT2D eigenvalue weighted by Crippen LogP contribution is -2.17. The third-order valence-corrected chi connectivity index (χ3v) is 3.08. The zero-order valence-corrected chi connectivity index (χ0v) is 11.4. The summed E-state index contributed by atoms with van der Waals surface area (Å²) in [5.74, 6) is 0. The van der Waals surface area contributed by atoms with Crippen LogP contribution in [0, 0.1) is 17.0 Å². The van der Waals surface area contributed by atoms with Crippen LogP contribution >= 0.6 is 0 Å². The fraction of sp³-hybridized carbons (Fsp3) is 0.267. The van der Waals surface area contributed by atoms with Crippen molar-refractivity contribution in [2.75, 3.05) is 6.54 Å². The normalized spacial score (nSPS) is 10.4. The van der Waals surface area contributed by atoms with Crippen LogP contribution in [-0.4, -0.2) is 16.5 Å². The van der Waals surface area contributed by atoms with Gasteiger partial charge in [0.05, 0.1) is 4.92 Å². The van der Waals surface area contributed by atoms with Gasteiger partial charge in [-0.2, -0.15) is 0 Å². The molecule has 0 saturated carbocycles. The number of nitrogens with one attached hydrogen (secondary N) is 1. The van der Waals surface area contributed by atoms with Crippen molar-refractivity contribution in [1.29, 1.82) is 0 Å². The molecular weight excluding hydrogens is 254 g/mol. The summed E-state index contributed by atoms with van der Waals surface area (Å²) in [5.41, 5.74) is 2.82. The van der Waals surface area contributed by atoms with Crippen LogP contribution in [-0.2, 0) is 13.0 Å². The van der Waals surface area contributed by atoms with Gasteiger partial charge >= 0.3 is 0 Å². The second kappa shape index (κ2) is 6.77. The van der Waals surface area contributed by atoms with Crippen LogP contribution in [0.2, 0.25) is 0 Å². The molecule has 1 N–H and O–H groups in total. The molecule has 0 aliphatic heterocycles.